The van der Waals surface area contributed by atoms with Crippen molar-refractivity contribution in [2.75, 3.05) is 19.7 Å². The summed E-state index contributed by atoms with van der Waals surface area (Å²) in [4.78, 5) is 13.8. The quantitative estimate of drug-likeness (QED) is 0.870. The Labute approximate surface area is 128 Å². The van der Waals surface area contributed by atoms with Crippen LogP contribution in [0.5, 0.6) is 0 Å². The molecular weight excluding hydrogens is 297 g/mol. The lowest BCUT2D eigenvalue weighted by Crippen LogP contribution is -2.38. The summed E-state index contributed by atoms with van der Waals surface area (Å²) in [6, 6.07) is 5.17. The molecule has 5 heteroatoms. The molecule has 1 N–H and O–H groups in total. The Hall–Kier alpha value is -1.03. The van der Waals surface area contributed by atoms with E-state index in [9.17, 15) is 4.79 Å². The van der Waals surface area contributed by atoms with Crippen LogP contribution >= 0.6 is 23.2 Å². The molecule has 0 unspecified atom stereocenters. The van der Waals surface area contributed by atoms with Crippen molar-refractivity contribution in [3.05, 3.63) is 39.9 Å². The number of rotatable bonds is 3. The van der Waals surface area contributed by atoms with Crippen LogP contribution in [-0.4, -0.2) is 35.6 Å². The summed E-state index contributed by atoms with van der Waals surface area (Å²) in [5.74, 6) is 0.312. The van der Waals surface area contributed by atoms with E-state index in [0.717, 1.165) is 18.4 Å². The molecule has 0 bridgehead atoms. The summed E-state index contributed by atoms with van der Waals surface area (Å²) >= 11 is 11.8. The molecule has 1 amide bonds. The van der Waals surface area contributed by atoms with Gasteiger partial charge < -0.3 is 10.0 Å². The lowest BCUT2D eigenvalue weighted by molar-refractivity contribution is -0.127. The normalized spacial score (nSPS) is 16.9. The van der Waals surface area contributed by atoms with Crippen molar-refractivity contribution in [2.24, 2.45) is 5.92 Å². The number of hydrogen-bond acceptors (Lipinski definition) is 2. The zero-order valence-electron chi connectivity index (χ0n) is 11.1. The number of aliphatic hydroxyl groups excluding tert-OH is 1. The first-order valence-electron chi connectivity index (χ1n) is 6.62. The Morgan fingerprint density at radius 1 is 1.25 bits per heavy atom. The van der Waals surface area contributed by atoms with Crippen LogP contribution in [0.3, 0.4) is 0 Å². The summed E-state index contributed by atoms with van der Waals surface area (Å²) in [7, 11) is 0. The van der Waals surface area contributed by atoms with E-state index >= 15 is 0 Å². The molecule has 1 aromatic carbocycles. The lowest BCUT2D eigenvalue weighted by atomic mass is 9.98. The molecule has 0 spiro atoms. The monoisotopic (exact) mass is 313 g/mol. The summed E-state index contributed by atoms with van der Waals surface area (Å²) in [5, 5.41) is 10.2. The maximum atomic E-state index is 12.0. The van der Waals surface area contributed by atoms with E-state index in [0.29, 0.717) is 29.1 Å². The van der Waals surface area contributed by atoms with Crippen LogP contribution in [0, 0.1) is 5.92 Å². The average Bonchev–Trinajstić information content (AvgIpc) is 2.44. The van der Waals surface area contributed by atoms with Crippen LogP contribution < -0.4 is 0 Å². The lowest BCUT2D eigenvalue weighted by Gasteiger charge is -2.30. The largest absolute Gasteiger partial charge is 0.396 e. The van der Waals surface area contributed by atoms with Gasteiger partial charge in [-0.1, -0.05) is 23.2 Å². The number of hydrogen-bond donors (Lipinski definition) is 1. The number of carbonyl (C=O) groups excluding carboxylic acids is 1. The first-order valence-corrected chi connectivity index (χ1v) is 7.38. The first kappa shape index (κ1) is 15.4. The highest BCUT2D eigenvalue weighted by Crippen LogP contribution is 2.20. The van der Waals surface area contributed by atoms with Crippen molar-refractivity contribution < 1.29 is 9.90 Å². The number of aliphatic hydroxyl groups is 1. The second-order valence-electron chi connectivity index (χ2n) is 4.99. The zero-order chi connectivity index (χ0) is 14.5. The van der Waals surface area contributed by atoms with Crippen LogP contribution in [0.15, 0.2) is 24.3 Å². The minimum atomic E-state index is -0.0162. The molecule has 1 aliphatic rings. The highest BCUT2D eigenvalue weighted by Gasteiger charge is 2.20. The minimum absolute atomic E-state index is 0.0162. The molecule has 1 fully saturated rings. The summed E-state index contributed by atoms with van der Waals surface area (Å²) in [6.07, 6.45) is 4.98. The highest BCUT2D eigenvalue weighted by molar-refractivity contribution is 6.34. The number of piperidine rings is 1. The van der Waals surface area contributed by atoms with Gasteiger partial charge in [-0.25, -0.2) is 0 Å². The van der Waals surface area contributed by atoms with Gasteiger partial charge in [-0.2, -0.15) is 0 Å². The van der Waals surface area contributed by atoms with Crippen LogP contribution in [0.4, 0.5) is 0 Å². The molecule has 0 aliphatic carbocycles. The van der Waals surface area contributed by atoms with E-state index in [1.165, 1.54) is 0 Å². The van der Waals surface area contributed by atoms with E-state index in [4.69, 9.17) is 28.3 Å². The van der Waals surface area contributed by atoms with Gasteiger partial charge in [-0.15, -0.1) is 0 Å². The van der Waals surface area contributed by atoms with Crippen LogP contribution in [0.1, 0.15) is 18.4 Å². The number of carbonyl (C=O) groups is 1. The Bertz CT molecular complexity index is 488. The maximum absolute atomic E-state index is 12.0. The van der Waals surface area contributed by atoms with Crippen molar-refractivity contribution >= 4 is 35.2 Å². The smallest absolute Gasteiger partial charge is 0.246 e. The molecule has 0 saturated carbocycles. The van der Waals surface area contributed by atoms with E-state index in [1.807, 2.05) is 0 Å². The van der Waals surface area contributed by atoms with Gasteiger partial charge in [-0.05, 0) is 48.6 Å². The molecule has 3 nitrogen and oxygen atoms in total. The SMILES string of the molecule is O=C(/C=C/c1cc(Cl)cc(Cl)c1)N1CCC(CO)CC1. The van der Waals surface area contributed by atoms with Crippen molar-refractivity contribution in [3.8, 4) is 0 Å². The molecule has 1 heterocycles. The molecule has 2 rings (SSSR count). The standard InChI is InChI=1S/C15H17Cl2NO2/c16-13-7-12(8-14(17)9-13)1-2-15(20)18-5-3-11(10-19)4-6-18/h1-2,7-9,11,19H,3-6,10H2/b2-1+. The van der Waals surface area contributed by atoms with Crippen molar-refractivity contribution in [2.45, 2.75) is 12.8 Å². The van der Waals surface area contributed by atoms with Crippen LogP contribution in [-0.2, 0) is 4.79 Å². The summed E-state index contributed by atoms with van der Waals surface area (Å²) in [5.41, 5.74) is 0.807. The molecule has 1 aliphatic heterocycles. The zero-order valence-corrected chi connectivity index (χ0v) is 12.6. The van der Waals surface area contributed by atoms with Gasteiger partial charge >= 0.3 is 0 Å². The van der Waals surface area contributed by atoms with Gasteiger partial charge in [0.25, 0.3) is 0 Å². The molecule has 0 radical (unpaired) electrons. The second-order valence-corrected chi connectivity index (χ2v) is 5.86. The fraction of sp³-hybridized carbons (Fsp3) is 0.400. The Morgan fingerprint density at radius 2 is 1.85 bits per heavy atom. The van der Waals surface area contributed by atoms with Gasteiger partial charge in [0.2, 0.25) is 5.91 Å². The van der Waals surface area contributed by atoms with Crippen molar-refractivity contribution in [3.63, 3.8) is 0 Å². The average molecular weight is 314 g/mol. The molecule has 0 aromatic heterocycles. The van der Waals surface area contributed by atoms with E-state index < -0.39 is 0 Å². The predicted octanol–water partition coefficient (Wildman–Crippen LogP) is 3.24. The maximum Gasteiger partial charge on any atom is 0.246 e. The second kappa shape index (κ2) is 7.11. The summed E-state index contributed by atoms with van der Waals surface area (Å²) in [6.45, 7) is 1.61. The first-order chi connectivity index (χ1) is 9.58. The van der Waals surface area contributed by atoms with Crippen LogP contribution in [0.2, 0.25) is 10.0 Å². The topological polar surface area (TPSA) is 40.5 Å². The van der Waals surface area contributed by atoms with Gasteiger partial charge in [-0.3, -0.25) is 4.79 Å². The number of benzene rings is 1. The van der Waals surface area contributed by atoms with E-state index in [2.05, 4.69) is 0 Å². The molecule has 0 atom stereocenters. The Balaban J connectivity index is 1.95. The number of halogens is 2. The predicted molar refractivity (Wildman–Crippen MR) is 81.9 cm³/mol. The van der Waals surface area contributed by atoms with Crippen molar-refractivity contribution in [1.29, 1.82) is 0 Å². The van der Waals surface area contributed by atoms with E-state index in [-0.39, 0.29) is 12.5 Å². The van der Waals surface area contributed by atoms with Gasteiger partial charge in [0, 0.05) is 35.8 Å². The molecule has 1 saturated heterocycles. The Kier molecular flexibility index (Phi) is 5.46. The third-order valence-electron chi connectivity index (χ3n) is 3.49. The number of amides is 1. The van der Waals surface area contributed by atoms with Gasteiger partial charge in [0.05, 0.1) is 0 Å². The number of likely N-dealkylation sites (tertiary alicyclic amines) is 1. The van der Waals surface area contributed by atoms with Gasteiger partial charge in [0.1, 0.15) is 0 Å². The minimum Gasteiger partial charge on any atom is -0.396 e. The highest BCUT2D eigenvalue weighted by atomic mass is 35.5. The van der Waals surface area contributed by atoms with E-state index in [1.54, 1.807) is 35.3 Å². The van der Waals surface area contributed by atoms with Crippen molar-refractivity contribution in [1.82, 2.24) is 4.90 Å². The molecule has 108 valence electrons. The molecular formula is C15H17Cl2NO2. The third-order valence-corrected chi connectivity index (χ3v) is 3.92. The Morgan fingerprint density at radius 3 is 2.40 bits per heavy atom. The van der Waals surface area contributed by atoms with Crippen LogP contribution in [0.25, 0.3) is 6.08 Å². The summed E-state index contributed by atoms with van der Waals surface area (Å²) < 4.78 is 0. The number of nitrogens with zero attached hydrogens (tertiary/aromatic N) is 1. The van der Waals surface area contributed by atoms with Gasteiger partial charge in [0.15, 0.2) is 0 Å². The fourth-order valence-electron chi connectivity index (χ4n) is 2.28. The fourth-order valence-corrected chi connectivity index (χ4v) is 2.82. The molecule has 1 aromatic rings. The third kappa shape index (κ3) is 4.23. The molecule has 20 heavy (non-hydrogen) atoms.